The van der Waals surface area contributed by atoms with Gasteiger partial charge in [0.05, 0.1) is 10.0 Å². The lowest BCUT2D eigenvalue weighted by Crippen LogP contribution is -1.89. The van der Waals surface area contributed by atoms with Crippen molar-refractivity contribution < 1.29 is 4.42 Å². The quantitative estimate of drug-likeness (QED) is 0.647. The molecule has 0 aliphatic heterocycles. The number of fused-ring (bicyclic) bond motifs is 1. The maximum atomic E-state index is 9.08. The predicted octanol–water partition coefficient (Wildman–Crippen LogP) is 5.50. The average Bonchev–Trinajstić information content (AvgIpc) is 2.65. The molecule has 0 amide bonds. The highest BCUT2D eigenvalue weighted by atomic mass is 79.9. The van der Waals surface area contributed by atoms with Gasteiger partial charge in [-0.15, -0.1) is 0 Å². The maximum Gasteiger partial charge on any atom is 0.208 e. The molecular weight excluding hydrogens is 325 g/mol. The van der Waals surface area contributed by atoms with Gasteiger partial charge in [0.15, 0.2) is 5.58 Å². The lowest BCUT2D eigenvalue weighted by molar-refractivity contribution is 0.589. The molecule has 0 radical (unpaired) electrons. The zero-order valence-corrected chi connectivity index (χ0v) is 12.2. The van der Waals surface area contributed by atoms with E-state index in [0.717, 1.165) is 10.9 Å². The number of benzene rings is 1. The minimum Gasteiger partial charge on any atom is -0.444 e. The summed E-state index contributed by atoms with van der Waals surface area (Å²) in [4.78, 5) is 0. The first-order valence-electron chi connectivity index (χ1n) is 4.97. The SMILES string of the molecule is CC(C)c1c(C#N)oc2c(Cl)cc(Br)c(Cl)c12. The summed E-state index contributed by atoms with van der Waals surface area (Å²) in [6.45, 7) is 3.96. The Morgan fingerprint density at radius 1 is 1.41 bits per heavy atom. The Morgan fingerprint density at radius 2 is 2.06 bits per heavy atom. The van der Waals surface area contributed by atoms with E-state index in [1.54, 1.807) is 6.07 Å². The van der Waals surface area contributed by atoms with Crippen molar-refractivity contribution in [1.29, 1.82) is 5.26 Å². The Morgan fingerprint density at radius 3 is 2.59 bits per heavy atom. The molecule has 0 saturated heterocycles. The van der Waals surface area contributed by atoms with E-state index >= 15 is 0 Å². The molecule has 0 unspecified atom stereocenters. The highest BCUT2D eigenvalue weighted by molar-refractivity contribution is 9.10. The Kier molecular flexibility index (Phi) is 3.40. The van der Waals surface area contributed by atoms with Crippen molar-refractivity contribution >= 4 is 50.1 Å². The van der Waals surface area contributed by atoms with Gasteiger partial charge in [-0.05, 0) is 27.9 Å². The van der Waals surface area contributed by atoms with Crippen LogP contribution in [0.25, 0.3) is 11.0 Å². The number of hydrogen-bond donors (Lipinski definition) is 0. The van der Waals surface area contributed by atoms with Gasteiger partial charge in [-0.3, -0.25) is 0 Å². The molecule has 5 heteroatoms. The molecule has 1 heterocycles. The monoisotopic (exact) mass is 331 g/mol. The van der Waals surface area contributed by atoms with Crippen LogP contribution in [0.3, 0.4) is 0 Å². The van der Waals surface area contributed by atoms with Gasteiger partial charge in [0.25, 0.3) is 0 Å². The minimum absolute atomic E-state index is 0.133. The van der Waals surface area contributed by atoms with Gasteiger partial charge in [-0.2, -0.15) is 5.26 Å². The van der Waals surface area contributed by atoms with E-state index in [0.29, 0.717) is 20.1 Å². The van der Waals surface area contributed by atoms with Gasteiger partial charge < -0.3 is 4.42 Å². The van der Waals surface area contributed by atoms with Crippen LogP contribution in [0.1, 0.15) is 31.1 Å². The Bertz CT molecular complexity index is 640. The number of nitriles is 1. The summed E-state index contributed by atoms with van der Waals surface area (Å²) in [5.74, 6) is 0.408. The van der Waals surface area contributed by atoms with Crippen molar-refractivity contribution in [2.75, 3.05) is 0 Å². The lowest BCUT2D eigenvalue weighted by atomic mass is 10.00. The fourth-order valence-electron chi connectivity index (χ4n) is 1.82. The number of halogens is 3. The molecule has 2 rings (SSSR count). The summed E-state index contributed by atoms with van der Waals surface area (Å²) in [7, 11) is 0. The molecule has 0 aliphatic carbocycles. The van der Waals surface area contributed by atoms with E-state index in [1.165, 1.54) is 0 Å². The summed E-state index contributed by atoms with van der Waals surface area (Å²) >= 11 is 15.7. The Labute approximate surface area is 117 Å². The van der Waals surface area contributed by atoms with Crippen molar-refractivity contribution in [2.45, 2.75) is 19.8 Å². The second-order valence-electron chi connectivity index (χ2n) is 3.97. The van der Waals surface area contributed by atoms with Crippen LogP contribution in [-0.2, 0) is 0 Å². The van der Waals surface area contributed by atoms with E-state index in [4.69, 9.17) is 32.9 Å². The average molecular weight is 333 g/mol. The van der Waals surface area contributed by atoms with E-state index in [-0.39, 0.29) is 11.7 Å². The molecule has 2 nitrogen and oxygen atoms in total. The van der Waals surface area contributed by atoms with E-state index in [9.17, 15) is 0 Å². The Hall–Kier alpha value is -0.690. The lowest BCUT2D eigenvalue weighted by Gasteiger charge is -2.05. The molecular formula is C12H8BrCl2NO. The van der Waals surface area contributed by atoms with E-state index in [1.807, 2.05) is 19.9 Å². The van der Waals surface area contributed by atoms with Gasteiger partial charge in [0.1, 0.15) is 6.07 Å². The van der Waals surface area contributed by atoms with Crippen molar-refractivity contribution in [3.05, 3.63) is 31.9 Å². The molecule has 0 fully saturated rings. The first kappa shape index (κ1) is 12.8. The van der Waals surface area contributed by atoms with E-state index < -0.39 is 0 Å². The third-order valence-corrected chi connectivity index (χ3v) is 4.05. The fourth-order valence-corrected chi connectivity index (χ4v) is 2.87. The zero-order chi connectivity index (χ0) is 12.7. The van der Waals surface area contributed by atoms with Crippen LogP contribution in [0.15, 0.2) is 15.0 Å². The topological polar surface area (TPSA) is 36.9 Å². The number of nitrogens with zero attached hydrogens (tertiary/aromatic N) is 1. The third-order valence-electron chi connectivity index (χ3n) is 2.52. The second kappa shape index (κ2) is 4.53. The molecule has 0 N–H and O–H groups in total. The molecule has 17 heavy (non-hydrogen) atoms. The standard InChI is InChI=1S/C12H8BrCl2NO/c1-5(2)9-8(4-16)17-12-7(14)3-6(13)11(15)10(9)12/h3,5H,1-2H3. The van der Waals surface area contributed by atoms with Crippen LogP contribution < -0.4 is 0 Å². The van der Waals surface area contributed by atoms with Crippen LogP contribution >= 0.6 is 39.1 Å². The van der Waals surface area contributed by atoms with Crippen LogP contribution in [0.4, 0.5) is 0 Å². The predicted molar refractivity (Wildman–Crippen MR) is 72.7 cm³/mol. The molecule has 88 valence electrons. The molecule has 1 aromatic carbocycles. The van der Waals surface area contributed by atoms with Gasteiger partial charge in [0.2, 0.25) is 5.76 Å². The van der Waals surface area contributed by atoms with Crippen molar-refractivity contribution in [2.24, 2.45) is 0 Å². The first-order valence-corrected chi connectivity index (χ1v) is 6.52. The summed E-state index contributed by atoms with van der Waals surface area (Å²) in [6.07, 6.45) is 0. The minimum atomic E-state index is 0.133. The van der Waals surface area contributed by atoms with Crippen molar-refractivity contribution in [1.82, 2.24) is 0 Å². The van der Waals surface area contributed by atoms with Crippen LogP contribution in [0, 0.1) is 11.3 Å². The molecule has 0 spiro atoms. The largest absolute Gasteiger partial charge is 0.444 e. The van der Waals surface area contributed by atoms with Gasteiger partial charge in [-0.25, -0.2) is 0 Å². The second-order valence-corrected chi connectivity index (χ2v) is 5.61. The highest BCUT2D eigenvalue weighted by Crippen LogP contribution is 2.42. The first-order chi connectivity index (χ1) is 7.97. The molecule has 0 saturated carbocycles. The normalized spacial score (nSPS) is 11.1. The molecule has 1 aromatic heterocycles. The smallest absolute Gasteiger partial charge is 0.208 e. The Balaban J connectivity index is 3.01. The number of furan rings is 1. The highest BCUT2D eigenvalue weighted by Gasteiger charge is 2.22. The molecule has 0 bridgehead atoms. The number of hydrogen-bond acceptors (Lipinski definition) is 2. The molecule has 0 aliphatic rings. The number of rotatable bonds is 1. The summed E-state index contributed by atoms with van der Waals surface area (Å²) in [5.41, 5.74) is 1.27. The summed E-state index contributed by atoms with van der Waals surface area (Å²) in [5, 5.41) is 10.8. The summed E-state index contributed by atoms with van der Waals surface area (Å²) in [6, 6.07) is 3.71. The van der Waals surface area contributed by atoms with Crippen LogP contribution in [0.5, 0.6) is 0 Å². The van der Waals surface area contributed by atoms with Crippen molar-refractivity contribution in [3.63, 3.8) is 0 Å². The van der Waals surface area contributed by atoms with Gasteiger partial charge >= 0.3 is 0 Å². The summed E-state index contributed by atoms with van der Waals surface area (Å²) < 4.78 is 6.18. The zero-order valence-electron chi connectivity index (χ0n) is 9.14. The fraction of sp³-hybridized carbons (Fsp3) is 0.250. The van der Waals surface area contributed by atoms with Crippen molar-refractivity contribution in [3.8, 4) is 6.07 Å². The van der Waals surface area contributed by atoms with Gasteiger partial charge in [0, 0.05) is 15.4 Å². The molecule has 0 atom stereocenters. The third kappa shape index (κ3) is 1.95. The van der Waals surface area contributed by atoms with E-state index in [2.05, 4.69) is 15.9 Å². The van der Waals surface area contributed by atoms with Crippen LogP contribution in [0.2, 0.25) is 10.0 Å². The maximum absolute atomic E-state index is 9.08. The van der Waals surface area contributed by atoms with Crippen LogP contribution in [-0.4, -0.2) is 0 Å². The molecule has 2 aromatic rings. The van der Waals surface area contributed by atoms with Gasteiger partial charge in [-0.1, -0.05) is 37.0 Å².